The minimum absolute atomic E-state index is 0.146. The first-order valence-corrected chi connectivity index (χ1v) is 7.75. The highest BCUT2D eigenvalue weighted by atomic mass is 127. The molecule has 0 aromatic heterocycles. The van der Waals surface area contributed by atoms with Crippen molar-refractivity contribution in [2.24, 2.45) is 5.73 Å². The third kappa shape index (κ3) is 3.12. The van der Waals surface area contributed by atoms with Crippen LogP contribution in [0.1, 0.15) is 22.7 Å². The lowest BCUT2D eigenvalue weighted by molar-refractivity contribution is 0.414. The molecule has 0 radical (unpaired) electrons. The van der Waals surface area contributed by atoms with Gasteiger partial charge >= 0.3 is 0 Å². The average molecular weight is 432 g/mol. The molecule has 0 fully saturated rings. The van der Waals surface area contributed by atoms with Crippen LogP contribution in [-0.4, -0.2) is 7.11 Å². The summed E-state index contributed by atoms with van der Waals surface area (Å²) >= 11 is 5.92. The van der Waals surface area contributed by atoms with E-state index in [-0.39, 0.29) is 6.04 Å². The zero-order valence-electron chi connectivity index (χ0n) is 10.8. The van der Waals surface area contributed by atoms with Crippen LogP contribution in [-0.2, 0) is 0 Å². The second-order valence-corrected chi connectivity index (χ2v) is 6.28. The van der Waals surface area contributed by atoms with E-state index in [9.17, 15) is 0 Å². The third-order valence-electron chi connectivity index (χ3n) is 3.10. The smallest absolute Gasteiger partial charge is 0.120 e. The molecule has 4 heteroatoms. The van der Waals surface area contributed by atoms with E-state index in [0.29, 0.717) is 0 Å². The molecule has 2 N–H and O–H groups in total. The van der Waals surface area contributed by atoms with Gasteiger partial charge in [0, 0.05) is 8.04 Å². The second-order valence-electron chi connectivity index (χ2n) is 4.34. The summed E-state index contributed by atoms with van der Waals surface area (Å²) in [5.41, 5.74) is 9.86. The molecule has 2 aromatic carbocycles. The summed E-state index contributed by atoms with van der Waals surface area (Å²) in [7, 11) is 1.66. The minimum atomic E-state index is -0.146. The van der Waals surface area contributed by atoms with Gasteiger partial charge in [-0.2, -0.15) is 0 Å². The molecule has 0 saturated heterocycles. The lowest BCUT2D eigenvalue weighted by Gasteiger charge is -2.17. The van der Waals surface area contributed by atoms with Crippen LogP contribution in [0.2, 0.25) is 0 Å². The SMILES string of the molecule is COc1ccc(C(N)c2cccc(C)c2I)c(Br)c1. The van der Waals surface area contributed by atoms with Gasteiger partial charge in [-0.15, -0.1) is 0 Å². The third-order valence-corrected chi connectivity index (χ3v) is 5.26. The van der Waals surface area contributed by atoms with E-state index < -0.39 is 0 Å². The van der Waals surface area contributed by atoms with E-state index in [1.165, 1.54) is 9.13 Å². The lowest BCUT2D eigenvalue weighted by atomic mass is 9.98. The maximum atomic E-state index is 6.40. The number of halogens is 2. The summed E-state index contributed by atoms with van der Waals surface area (Å²) in [5, 5.41) is 0. The zero-order valence-corrected chi connectivity index (χ0v) is 14.5. The van der Waals surface area contributed by atoms with Gasteiger partial charge in [-0.1, -0.05) is 40.2 Å². The molecule has 0 bridgehead atoms. The second kappa shape index (κ2) is 6.24. The molecule has 0 spiro atoms. The normalized spacial score (nSPS) is 12.3. The number of rotatable bonds is 3. The van der Waals surface area contributed by atoms with Crippen molar-refractivity contribution < 1.29 is 4.74 Å². The van der Waals surface area contributed by atoms with E-state index in [1.807, 2.05) is 24.3 Å². The quantitative estimate of drug-likeness (QED) is 0.730. The molecule has 1 unspecified atom stereocenters. The predicted octanol–water partition coefficient (Wildman–Crippen LogP) is 4.42. The average Bonchev–Trinajstić information content (AvgIpc) is 2.41. The first kappa shape index (κ1) is 14.8. The van der Waals surface area contributed by atoms with E-state index in [2.05, 4.69) is 57.6 Å². The molecule has 0 saturated carbocycles. The Hall–Kier alpha value is -0.590. The highest BCUT2D eigenvalue weighted by Gasteiger charge is 2.16. The van der Waals surface area contributed by atoms with E-state index in [0.717, 1.165) is 21.3 Å². The van der Waals surface area contributed by atoms with Crippen LogP contribution in [0.25, 0.3) is 0 Å². The molecule has 0 aliphatic rings. The predicted molar refractivity (Wildman–Crippen MR) is 90.6 cm³/mol. The molecule has 100 valence electrons. The van der Waals surface area contributed by atoms with Crippen molar-refractivity contribution in [3.05, 3.63) is 61.1 Å². The maximum absolute atomic E-state index is 6.40. The Labute approximate surface area is 135 Å². The van der Waals surface area contributed by atoms with Gasteiger partial charge < -0.3 is 10.5 Å². The topological polar surface area (TPSA) is 35.2 Å². The van der Waals surface area contributed by atoms with Crippen LogP contribution >= 0.6 is 38.5 Å². The van der Waals surface area contributed by atoms with E-state index >= 15 is 0 Å². The number of benzene rings is 2. The fourth-order valence-electron chi connectivity index (χ4n) is 1.96. The molecule has 0 amide bonds. The highest BCUT2D eigenvalue weighted by Crippen LogP contribution is 2.32. The van der Waals surface area contributed by atoms with E-state index in [1.54, 1.807) is 7.11 Å². The standard InChI is InChI=1S/C15H15BrINO/c1-9-4-3-5-12(14(9)17)15(18)11-7-6-10(19-2)8-13(11)16/h3-8,15H,18H2,1-2H3. The number of nitrogens with two attached hydrogens (primary N) is 1. The molecular weight excluding hydrogens is 417 g/mol. The van der Waals surface area contributed by atoms with Crippen molar-refractivity contribution in [1.29, 1.82) is 0 Å². The Bertz CT molecular complexity index is 601. The monoisotopic (exact) mass is 431 g/mol. The van der Waals surface area contributed by atoms with Crippen LogP contribution in [0.5, 0.6) is 5.75 Å². The van der Waals surface area contributed by atoms with Gasteiger partial charge in [0.05, 0.1) is 13.2 Å². The van der Waals surface area contributed by atoms with Crippen molar-refractivity contribution in [3.8, 4) is 5.75 Å². The van der Waals surface area contributed by atoms with Crippen LogP contribution in [0, 0.1) is 10.5 Å². The Kier molecular flexibility index (Phi) is 4.86. The fourth-order valence-corrected chi connectivity index (χ4v) is 3.26. The van der Waals surface area contributed by atoms with Crippen molar-refractivity contribution >= 4 is 38.5 Å². The Morgan fingerprint density at radius 1 is 1.21 bits per heavy atom. The molecule has 19 heavy (non-hydrogen) atoms. The summed E-state index contributed by atoms with van der Waals surface area (Å²) in [6.45, 7) is 2.10. The number of hydrogen-bond donors (Lipinski definition) is 1. The summed E-state index contributed by atoms with van der Waals surface area (Å²) in [6, 6.07) is 12.0. The molecular formula is C15H15BrINO. The van der Waals surface area contributed by atoms with Gasteiger partial charge in [0.25, 0.3) is 0 Å². The van der Waals surface area contributed by atoms with Gasteiger partial charge in [0.15, 0.2) is 0 Å². The number of methoxy groups -OCH3 is 1. The summed E-state index contributed by atoms with van der Waals surface area (Å²) in [6.07, 6.45) is 0. The number of hydrogen-bond acceptors (Lipinski definition) is 2. The molecule has 2 rings (SSSR count). The summed E-state index contributed by atoms with van der Waals surface area (Å²) in [5.74, 6) is 0.821. The first-order valence-electron chi connectivity index (χ1n) is 5.88. The molecule has 2 aromatic rings. The Morgan fingerprint density at radius 2 is 1.95 bits per heavy atom. The molecule has 0 aliphatic carbocycles. The van der Waals surface area contributed by atoms with Crippen LogP contribution in [0.4, 0.5) is 0 Å². The minimum Gasteiger partial charge on any atom is -0.497 e. The van der Waals surface area contributed by atoms with Gasteiger partial charge in [-0.05, 0) is 58.3 Å². The maximum Gasteiger partial charge on any atom is 0.120 e. The lowest BCUT2D eigenvalue weighted by Crippen LogP contribution is -2.14. The number of ether oxygens (including phenoxy) is 1. The fraction of sp³-hybridized carbons (Fsp3) is 0.200. The number of aryl methyl sites for hydroxylation is 1. The van der Waals surface area contributed by atoms with Crippen molar-refractivity contribution in [2.45, 2.75) is 13.0 Å². The molecule has 2 nitrogen and oxygen atoms in total. The summed E-state index contributed by atoms with van der Waals surface area (Å²) in [4.78, 5) is 0. The molecule has 0 aliphatic heterocycles. The van der Waals surface area contributed by atoms with Crippen molar-refractivity contribution in [2.75, 3.05) is 7.11 Å². The highest BCUT2D eigenvalue weighted by molar-refractivity contribution is 14.1. The van der Waals surface area contributed by atoms with Gasteiger partial charge in [-0.25, -0.2) is 0 Å². The largest absolute Gasteiger partial charge is 0.497 e. The summed E-state index contributed by atoms with van der Waals surface area (Å²) < 4.78 is 7.39. The molecule has 1 atom stereocenters. The van der Waals surface area contributed by atoms with Crippen molar-refractivity contribution in [3.63, 3.8) is 0 Å². The van der Waals surface area contributed by atoms with Gasteiger partial charge in [0.2, 0.25) is 0 Å². The van der Waals surface area contributed by atoms with Gasteiger partial charge in [-0.3, -0.25) is 0 Å². The van der Waals surface area contributed by atoms with Crippen LogP contribution in [0.3, 0.4) is 0 Å². The van der Waals surface area contributed by atoms with Crippen LogP contribution < -0.4 is 10.5 Å². The first-order chi connectivity index (χ1) is 9.04. The van der Waals surface area contributed by atoms with Crippen LogP contribution in [0.15, 0.2) is 40.9 Å². The zero-order chi connectivity index (χ0) is 14.0. The van der Waals surface area contributed by atoms with Crippen molar-refractivity contribution in [1.82, 2.24) is 0 Å². The molecule has 0 heterocycles. The van der Waals surface area contributed by atoms with Gasteiger partial charge in [0.1, 0.15) is 5.75 Å². The van der Waals surface area contributed by atoms with E-state index in [4.69, 9.17) is 10.5 Å². The Morgan fingerprint density at radius 3 is 2.58 bits per heavy atom. The Balaban J connectivity index is 2.44.